The second-order valence-corrected chi connectivity index (χ2v) is 7.57. The summed E-state index contributed by atoms with van der Waals surface area (Å²) >= 11 is 0. The smallest absolute Gasteiger partial charge is 0.243 e. The number of carbonyl (C=O) groups is 1. The van der Waals surface area contributed by atoms with Crippen LogP contribution in [-0.2, 0) is 14.6 Å². The fraction of sp³-hybridized carbons (Fsp3) is 0.235. The molecule has 128 valence electrons. The number of rotatable bonds is 5. The van der Waals surface area contributed by atoms with Crippen molar-refractivity contribution in [1.29, 1.82) is 0 Å². The van der Waals surface area contributed by atoms with Gasteiger partial charge in [-0.25, -0.2) is 12.8 Å². The van der Waals surface area contributed by atoms with Gasteiger partial charge in [-0.3, -0.25) is 4.79 Å². The molecule has 0 bridgehead atoms. The molecule has 2 aromatic carbocycles. The van der Waals surface area contributed by atoms with Gasteiger partial charge in [0.1, 0.15) is 4.90 Å². The molecular weight excluding hydrogens is 331 g/mol. The zero-order valence-corrected chi connectivity index (χ0v) is 14.5. The standard InChI is InChI=1S/C17H19FN2O3S/c1-11-7-8-13(9-12(11)2)20-16(21)10-19-14-5-4-6-15(17(14)18)24(3,22)23/h4-9,19H,10H2,1-3H3,(H,20,21). The minimum Gasteiger partial charge on any atom is -0.374 e. The lowest BCUT2D eigenvalue weighted by Gasteiger charge is -2.11. The molecule has 1 amide bonds. The summed E-state index contributed by atoms with van der Waals surface area (Å²) in [5, 5.41) is 5.32. The summed E-state index contributed by atoms with van der Waals surface area (Å²) in [4.78, 5) is 11.6. The van der Waals surface area contributed by atoms with E-state index < -0.39 is 20.5 Å². The molecule has 2 N–H and O–H groups in total. The molecule has 0 unspecified atom stereocenters. The Bertz CT molecular complexity index is 879. The van der Waals surface area contributed by atoms with Crippen molar-refractivity contribution in [3.8, 4) is 0 Å². The van der Waals surface area contributed by atoms with Crippen molar-refractivity contribution in [2.45, 2.75) is 18.7 Å². The quantitative estimate of drug-likeness (QED) is 0.869. The van der Waals surface area contributed by atoms with Gasteiger partial charge in [0, 0.05) is 11.9 Å². The first kappa shape index (κ1) is 17.9. The van der Waals surface area contributed by atoms with E-state index in [1.165, 1.54) is 18.2 Å². The van der Waals surface area contributed by atoms with E-state index in [4.69, 9.17) is 0 Å². The maximum absolute atomic E-state index is 14.2. The number of carbonyl (C=O) groups excluding carboxylic acids is 1. The van der Waals surface area contributed by atoms with Crippen LogP contribution in [0, 0.1) is 19.7 Å². The summed E-state index contributed by atoms with van der Waals surface area (Å²) < 4.78 is 37.2. The number of sulfone groups is 1. The Labute approximate surface area is 140 Å². The van der Waals surface area contributed by atoms with Crippen LogP contribution in [0.2, 0.25) is 0 Å². The first-order valence-corrected chi connectivity index (χ1v) is 9.17. The Morgan fingerprint density at radius 3 is 2.46 bits per heavy atom. The number of aryl methyl sites for hydroxylation is 2. The number of hydrogen-bond donors (Lipinski definition) is 2. The zero-order valence-electron chi connectivity index (χ0n) is 13.7. The molecule has 0 saturated carbocycles. The molecule has 0 radical (unpaired) electrons. The van der Waals surface area contributed by atoms with Crippen molar-refractivity contribution < 1.29 is 17.6 Å². The maximum atomic E-state index is 14.2. The third-order valence-electron chi connectivity index (χ3n) is 3.59. The lowest BCUT2D eigenvalue weighted by molar-refractivity contribution is -0.114. The molecule has 0 atom stereocenters. The second-order valence-electron chi connectivity index (χ2n) is 5.59. The highest BCUT2D eigenvalue weighted by Gasteiger charge is 2.16. The van der Waals surface area contributed by atoms with E-state index >= 15 is 0 Å². The average Bonchev–Trinajstić information content (AvgIpc) is 2.49. The van der Waals surface area contributed by atoms with E-state index in [0.717, 1.165) is 17.4 Å². The summed E-state index contributed by atoms with van der Waals surface area (Å²) in [5.74, 6) is -1.25. The third kappa shape index (κ3) is 4.32. The normalized spacial score (nSPS) is 11.2. The predicted molar refractivity (Wildman–Crippen MR) is 92.5 cm³/mol. The van der Waals surface area contributed by atoms with Gasteiger partial charge in [0.2, 0.25) is 5.91 Å². The summed E-state index contributed by atoms with van der Waals surface area (Å²) in [6.45, 7) is 3.73. The molecule has 2 rings (SSSR count). The molecule has 0 spiro atoms. The minimum absolute atomic E-state index is 0.0341. The highest BCUT2D eigenvalue weighted by atomic mass is 32.2. The highest BCUT2D eigenvalue weighted by Crippen LogP contribution is 2.22. The van der Waals surface area contributed by atoms with E-state index in [0.29, 0.717) is 5.69 Å². The molecule has 7 heteroatoms. The first-order chi connectivity index (χ1) is 11.2. The lowest BCUT2D eigenvalue weighted by atomic mass is 10.1. The van der Waals surface area contributed by atoms with Gasteiger partial charge >= 0.3 is 0 Å². The molecular formula is C17H19FN2O3S. The SMILES string of the molecule is Cc1ccc(NC(=O)CNc2cccc(S(C)(=O)=O)c2F)cc1C. The van der Waals surface area contributed by atoms with Gasteiger partial charge in [-0.2, -0.15) is 0 Å². The van der Waals surface area contributed by atoms with Crippen LogP contribution < -0.4 is 10.6 Å². The number of amides is 1. The molecule has 0 aliphatic heterocycles. The fourth-order valence-electron chi connectivity index (χ4n) is 2.13. The highest BCUT2D eigenvalue weighted by molar-refractivity contribution is 7.90. The first-order valence-electron chi connectivity index (χ1n) is 7.28. The summed E-state index contributed by atoms with van der Waals surface area (Å²) in [6, 6.07) is 9.51. The van der Waals surface area contributed by atoms with Gasteiger partial charge in [0.15, 0.2) is 15.7 Å². The fourth-order valence-corrected chi connectivity index (χ4v) is 2.89. The van der Waals surface area contributed by atoms with E-state index in [2.05, 4.69) is 10.6 Å². The van der Waals surface area contributed by atoms with Gasteiger partial charge < -0.3 is 10.6 Å². The van der Waals surface area contributed by atoms with Crippen LogP contribution in [0.15, 0.2) is 41.3 Å². The van der Waals surface area contributed by atoms with Crippen LogP contribution >= 0.6 is 0 Å². The van der Waals surface area contributed by atoms with Crippen LogP contribution in [0.5, 0.6) is 0 Å². The van der Waals surface area contributed by atoms with Gasteiger partial charge in [-0.05, 0) is 49.2 Å². The van der Waals surface area contributed by atoms with Crippen LogP contribution in [0.25, 0.3) is 0 Å². The average molecular weight is 350 g/mol. The number of nitrogens with one attached hydrogen (secondary N) is 2. The molecule has 0 heterocycles. The van der Waals surface area contributed by atoms with Crippen LogP contribution in [0.3, 0.4) is 0 Å². The van der Waals surface area contributed by atoms with Gasteiger partial charge in [-0.1, -0.05) is 12.1 Å². The largest absolute Gasteiger partial charge is 0.374 e. The predicted octanol–water partition coefficient (Wildman–Crippen LogP) is 2.90. The van der Waals surface area contributed by atoms with E-state index in [-0.39, 0.29) is 18.1 Å². The Hall–Kier alpha value is -2.41. The number of hydrogen-bond acceptors (Lipinski definition) is 4. The van der Waals surface area contributed by atoms with Crippen molar-refractivity contribution in [3.05, 3.63) is 53.3 Å². The molecule has 0 fully saturated rings. The van der Waals surface area contributed by atoms with Crippen molar-refractivity contribution in [1.82, 2.24) is 0 Å². The maximum Gasteiger partial charge on any atom is 0.243 e. The number of benzene rings is 2. The molecule has 24 heavy (non-hydrogen) atoms. The Kier molecular flexibility index (Phi) is 5.23. The van der Waals surface area contributed by atoms with Crippen LogP contribution in [0.1, 0.15) is 11.1 Å². The molecule has 5 nitrogen and oxygen atoms in total. The molecule has 0 aliphatic carbocycles. The molecule has 0 aliphatic rings. The van der Waals surface area contributed by atoms with Crippen molar-refractivity contribution in [2.75, 3.05) is 23.4 Å². The van der Waals surface area contributed by atoms with E-state index in [9.17, 15) is 17.6 Å². The summed E-state index contributed by atoms with van der Waals surface area (Å²) in [5.41, 5.74) is 2.78. The lowest BCUT2D eigenvalue weighted by Crippen LogP contribution is -2.22. The number of anilines is 2. The monoisotopic (exact) mass is 350 g/mol. The zero-order chi connectivity index (χ0) is 17.9. The molecule has 2 aromatic rings. The van der Waals surface area contributed by atoms with E-state index in [1.807, 2.05) is 26.0 Å². The second kappa shape index (κ2) is 7.00. The minimum atomic E-state index is -3.67. The van der Waals surface area contributed by atoms with Crippen molar-refractivity contribution in [3.63, 3.8) is 0 Å². The molecule has 0 saturated heterocycles. The topological polar surface area (TPSA) is 75.3 Å². The summed E-state index contributed by atoms with van der Waals surface area (Å²) in [6.07, 6.45) is 0.932. The van der Waals surface area contributed by atoms with Crippen LogP contribution in [0.4, 0.5) is 15.8 Å². The summed E-state index contributed by atoms with van der Waals surface area (Å²) in [7, 11) is -3.67. The van der Waals surface area contributed by atoms with Gasteiger partial charge in [0.05, 0.1) is 12.2 Å². The van der Waals surface area contributed by atoms with E-state index in [1.54, 1.807) is 6.07 Å². The van der Waals surface area contributed by atoms with Crippen LogP contribution in [-0.4, -0.2) is 27.1 Å². The van der Waals surface area contributed by atoms with Crippen molar-refractivity contribution >= 4 is 27.1 Å². The van der Waals surface area contributed by atoms with Gasteiger partial charge in [0.25, 0.3) is 0 Å². The molecule has 0 aromatic heterocycles. The Morgan fingerprint density at radius 2 is 1.83 bits per heavy atom. The Balaban J connectivity index is 2.05. The third-order valence-corrected chi connectivity index (χ3v) is 4.71. The van der Waals surface area contributed by atoms with Gasteiger partial charge in [-0.15, -0.1) is 0 Å². The van der Waals surface area contributed by atoms with Crippen molar-refractivity contribution in [2.24, 2.45) is 0 Å². The Morgan fingerprint density at radius 1 is 1.12 bits per heavy atom. The number of halogens is 1.